The molecule has 0 amide bonds. The van der Waals surface area contributed by atoms with E-state index in [1.54, 1.807) is 12.1 Å². The second-order valence-electron chi connectivity index (χ2n) is 4.49. The third-order valence-corrected chi connectivity index (χ3v) is 3.73. The first-order chi connectivity index (χ1) is 10.5. The largest absolute Gasteiger partial charge is 0.487 e. The zero-order valence-electron chi connectivity index (χ0n) is 10.9. The van der Waals surface area contributed by atoms with Gasteiger partial charge in [0.05, 0.1) is 11.7 Å². The van der Waals surface area contributed by atoms with E-state index in [1.807, 2.05) is 22.6 Å². The number of nitrogens with zero attached hydrogens (tertiary/aromatic N) is 2. The minimum absolute atomic E-state index is 0.0119. The van der Waals surface area contributed by atoms with E-state index in [9.17, 15) is 9.18 Å². The highest BCUT2D eigenvalue weighted by Gasteiger charge is 2.08. The van der Waals surface area contributed by atoms with E-state index >= 15 is 0 Å². The molecule has 22 heavy (non-hydrogen) atoms. The van der Waals surface area contributed by atoms with Gasteiger partial charge in [0, 0.05) is 11.5 Å². The molecule has 3 aromatic rings. The second kappa shape index (κ2) is 6.17. The molecule has 112 valence electrons. The number of halogens is 3. The minimum atomic E-state index is -0.535. The molecule has 0 fully saturated rings. The van der Waals surface area contributed by atoms with Crippen molar-refractivity contribution in [2.75, 3.05) is 0 Å². The van der Waals surface area contributed by atoms with Crippen molar-refractivity contribution in [2.45, 2.75) is 6.61 Å². The van der Waals surface area contributed by atoms with Crippen LogP contribution in [0, 0.1) is 9.52 Å². The van der Waals surface area contributed by atoms with Gasteiger partial charge in [-0.15, -0.1) is 5.10 Å². The zero-order valence-corrected chi connectivity index (χ0v) is 13.9. The van der Waals surface area contributed by atoms with Crippen LogP contribution in [0.15, 0.2) is 35.3 Å². The molecule has 0 aliphatic heterocycles. The summed E-state index contributed by atoms with van der Waals surface area (Å²) >= 11 is 7.79. The summed E-state index contributed by atoms with van der Waals surface area (Å²) in [6.45, 7) is 0.158. The normalized spacial score (nSPS) is 10.9. The quantitative estimate of drug-likeness (QED) is 0.646. The molecule has 5 nitrogen and oxygen atoms in total. The van der Waals surface area contributed by atoms with Crippen LogP contribution in [-0.4, -0.2) is 15.2 Å². The SMILES string of the molecule is O=c1[nH]c2c(F)cc(COc3cnnc(I)c3)cc2cc1Cl. The van der Waals surface area contributed by atoms with E-state index in [-0.39, 0.29) is 17.1 Å². The van der Waals surface area contributed by atoms with Crippen molar-refractivity contribution in [1.29, 1.82) is 0 Å². The third kappa shape index (κ3) is 3.20. The van der Waals surface area contributed by atoms with Crippen LogP contribution in [0.25, 0.3) is 10.9 Å². The lowest BCUT2D eigenvalue weighted by Gasteiger charge is -2.08. The summed E-state index contributed by atoms with van der Waals surface area (Å²) in [5.74, 6) is 0.00621. The molecule has 3 rings (SSSR count). The molecule has 1 aromatic carbocycles. The predicted octanol–water partition coefficient (Wildman–Crippen LogP) is 3.29. The highest BCUT2D eigenvalue weighted by molar-refractivity contribution is 14.1. The first-order valence-corrected chi connectivity index (χ1v) is 7.60. The van der Waals surface area contributed by atoms with Gasteiger partial charge in [-0.1, -0.05) is 11.6 Å². The van der Waals surface area contributed by atoms with Crippen LogP contribution >= 0.6 is 34.2 Å². The maximum absolute atomic E-state index is 14.1. The molecule has 2 aromatic heterocycles. The lowest BCUT2D eigenvalue weighted by atomic mass is 10.1. The van der Waals surface area contributed by atoms with E-state index in [1.165, 1.54) is 18.3 Å². The molecule has 0 aliphatic carbocycles. The fourth-order valence-electron chi connectivity index (χ4n) is 1.96. The lowest BCUT2D eigenvalue weighted by Crippen LogP contribution is -2.07. The highest BCUT2D eigenvalue weighted by Crippen LogP contribution is 2.21. The van der Waals surface area contributed by atoms with Crippen LogP contribution in [0.3, 0.4) is 0 Å². The molecule has 0 unspecified atom stereocenters. The van der Waals surface area contributed by atoms with Gasteiger partial charge in [0.15, 0.2) is 0 Å². The molecule has 2 heterocycles. The molecular weight excluding hydrogens is 424 g/mol. The Labute approximate surface area is 142 Å². The molecule has 0 atom stereocenters. The summed E-state index contributed by atoms with van der Waals surface area (Å²) in [7, 11) is 0. The summed E-state index contributed by atoms with van der Waals surface area (Å²) in [5, 5.41) is 8.10. The van der Waals surface area contributed by atoms with E-state index < -0.39 is 11.4 Å². The summed E-state index contributed by atoms with van der Waals surface area (Å²) in [5.41, 5.74) is 0.215. The number of H-pyrrole nitrogens is 1. The van der Waals surface area contributed by atoms with Gasteiger partial charge in [0.1, 0.15) is 26.9 Å². The van der Waals surface area contributed by atoms with Gasteiger partial charge < -0.3 is 9.72 Å². The Bertz CT molecular complexity index is 916. The van der Waals surface area contributed by atoms with Crippen LogP contribution in [0.4, 0.5) is 4.39 Å². The maximum atomic E-state index is 14.1. The Morgan fingerprint density at radius 2 is 2.14 bits per heavy atom. The van der Waals surface area contributed by atoms with Gasteiger partial charge in [-0.05, 0) is 46.4 Å². The molecule has 0 saturated carbocycles. The van der Waals surface area contributed by atoms with Crippen molar-refractivity contribution in [3.8, 4) is 5.75 Å². The Balaban J connectivity index is 1.91. The number of hydrogen-bond donors (Lipinski definition) is 1. The van der Waals surface area contributed by atoms with Gasteiger partial charge in [0.25, 0.3) is 5.56 Å². The summed E-state index contributed by atoms with van der Waals surface area (Å²) in [6.07, 6.45) is 1.48. The molecular formula is C14H8ClFIN3O2. The fraction of sp³-hybridized carbons (Fsp3) is 0.0714. The van der Waals surface area contributed by atoms with Crippen LogP contribution in [-0.2, 0) is 6.61 Å². The van der Waals surface area contributed by atoms with Crippen molar-refractivity contribution in [3.63, 3.8) is 0 Å². The van der Waals surface area contributed by atoms with Crippen molar-refractivity contribution in [3.05, 3.63) is 60.9 Å². The van der Waals surface area contributed by atoms with Gasteiger partial charge in [-0.25, -0.2) is 4.39 Å². The van der Waals surface area contributed by atoms with E-state index in [0.717, 1.165) is 0 Å². The van der Waals surface area contributed by atoms with Crippen molar-refractivity contribution < 1.29 is 9.13 Å². The number of rotatable bonds is 3. The lowest BCUT2D eigenvalue weighted by molar-refractivity contribution is 0.303. The van der Waals surface area contributed by atoms with Crippen molar-refractivity contribution >= 4 is 45.1 Å². The second-order valence-corrected chi connectivity index (χ2v) is 6.00. The first kappa shape index (κ1) is 15.2. The number of nitrogens with one attached hydrogen (secondary N) is 1. The monoisotopic (exact) mass is 431 g/mol. The van der Waals surface area contributed by atoms with E-state index in [2.05, 4.69) is 15.2 Å². The molecule has 8 heteroatoms. The Kier molecular flexibility index (Phi) is 4.25. The predicted molar refractivity (Wildman–Crippen MR) is 88.6 cm³/mol. The molecule has 0 radical (unpaired) electrons. The van der Waals surface area contributed by atoms with E-state index in [0.29, 0.717) is 20.4 Å². The zero-order chi connectivity index (χ0) is 15.7. The molecule has 0 aliphatic rings. The van der Waals surface area contributed by atoms with Gasteiger partial charge in [0.2, 0.25) is 0 Å². The summed E-state index contributed by atoms with van der Waals surface area (Å²) < 4.78 is 20.3. The Morgan fingerprint density at radius 1 is 1.32 bits per heavy atom. The number of benzene rings is 1. The molecule has 0 bridgehead atoms. The van der Waals surface area contributed by atoms with Gasteiger partial charge >= 0.3 is 0 Å². The third-order valence-electron chi connectivity index (χ3n) is 2.92. The first-order valence-electron chi connectivity index (χ1n) is 6.15. The number of aromatic nitrogens is 3. The number of hydrogen-bond acceptors (Lipinski definition) is 4. The number of pyridine rings is 1. The highest BCUT2D eigenvalue weighted by atomic mass is 127. The number of ether oxygens (including phenoxy) is 1. The minimum Gasteiger partial charge on any atom is -0.487 e. The topological polar surface area (TPSA) is 67.9 Å². The average molecular weight is 432 g/mol. The average Bonchev–Trinajstić information content (AvgIpc) is 2.47. The summed E-state index contributed by atoms with van der Waals surface area (Å²) in [6, 6.07) is 6.17. The van der Waals surface area contributed by atoms with Crippen LogP contribution in [0.2, 0.25) is 5.02 Å². The van der Waals surface area contributed by atoms with Crippen LogP contribution in [0.1, 0.15) is 5.56 Å². The van der Waals surface area contributed by atoms with E-state index in [4.69, 9.17) is 16.3 Å². The Morgan fingerprint density at radius 3 is 2.91 bits per heavy atom. The van der Waals surface area contributed by atoms with Crippen molar-refractivity contribution in [2.24, 2.45) is 0 Å². The molecule has 0 spiro atoms. The standard InChI is InChI=1S/C14H8ClFIN3O2/c15-10-3-8-1-7(2-11(16)13(8)19-14(10)21)6-22-9-4-12(17)20-18-5-9/h1-5H,6H2,(H,19,21). The number of fused-ring (bicyclic) bond motifs is 1. The van der Waals surface area contributed by atoms with Gasteiger partial charge in [-0.3, -0.25) is 4.79 Å². The molecule has 0 saturated heterocycles. The Hall–Kier alpha value is -1.74. The number of aromatic amines is 1. The smallest absolute Gasteiger partial charge is 0.267 e. The molecule has 1 N–H and O–H groups in total. The van der Waals surface area contributed by atoms with Crippen LogP contribution < -0.4 is 10.3 Å². The van der Waals surface area contributed by atoms with Gasteiger partial charge in [-0.2, -0.15) is 5.10 Å². The van der Waals surface area contributed by atoms with Crippen LogP contribution in [0.5, 0.6) is 5.75 Å². The fourth-order valence-corrected chi connectivity index (χ4v) is 2.56. The maximum Gasteiger partial charge on any atom is 0.267 e. The van der Waals surface area contributed by atoms with Crippen molar-refractivity contribution in [1.82, 2.24) is 15.2 Å². The summed E-state index contributed by atoms with van der Waals surface area (Å²) in [4.78, 5) is 13.8.